The number of H-pyrrole nitrogens is 2. The van der Waals surface area contributed by atoms with Crippen LogP contribution in [0.25, 0.3) is 0 Å². The van der Waals surface area contributed by atoms with Crippen molar-refractivity contribution in [3.63, 3.8) is 0 Å². The quantitative estimate of drug-likeness (QED) is 0.623. The van der Waals surface area contributed by atoms with Crippen LogP contribution in [-0.4, -0.2) is 9.97 Å². The normalized spacial score (nSPS) is 9.25. The molecule has 0 saturated heterocycles. The van der Waals surface area contributed by atoms with Crippen molar-refractivity contribution in [3.8, 4) is 11.8 Å². The van der Waals surface area contributed by atoms with E-state index in [1.165, 1.54) is 12.1 Å². The van der Waals surface area contributed by atoms with E-state index in [2.05, 4.69) is 21.8 Å². The van der Waals surface area contributed by atoms with Crippen LogP contribution in [0.1, 0.15) is 11.4 Å². The van der Waals surface area contributed by atoms with Crippen LogP contribution in [0.5, 0.6) is 0 Å². The summed E-state index contributed by atoms with van der Waals surface area (Å²) in [5, 5.41) is 0. The molecule has 78 valence electrons. The number of nitrogens with one attached hydrogen (secondary N) is 2. The van der Waals surface area contributed by atoms with E-state index < -0.39 is 0 Å². The second kappa shape index (κ2) is 4.32. The van der Waals surface area contributed by atoms with E-state index in [4.69, 9.17) is 0 Å². The SMILES string of the molecule is O=c1cccc(C#Cc2cccc(=O)[nH]2)[nH]1. The number of aromatic nitrogens is 2. The molecule has 0 amide bonds. The lowest BCUT2D eigenvalue weighted by molar-refractivity contribution is 1.20. The molecule has 0 radical (unpaired) electrons. The van der Waals surface area contributed by atoms with Gasteiger partial charge in [0.1, 0.15) is 0 Å². The Morgan fingerprint density at radius 1 is 0.750 bits per heavy atom. The van der Waals surface area contributed by atoms with Gasteiger partial charge in [0.15, 0.2) is 0 Å². The molecule has 16 heavy (non-hydrogen) atoms. The minimum Gasteiger partial charge on any atom is -0.315 e. The zero-order valence-corrected chi connectivity index (χ0v) is 8.28. The minimum atomic E-state index is -0.201. The summed E-state index contributed by atoms with van der Waals surface area (Å²) in [6, 6.07) is 9.45. The second-order valence-corrected chi connectivity index (χ2v) is 3.11. The van der Waals surface area contributed by atoms with Crippen molar-refractivity contribution in [1.82, 2.24) is 9.97 Å². The Labute approximate surface area is 91.0 Å². The molecule has 2 heterocycles. The molecule has 0 saturated carbocycles. The summed E-state index contributed by atoms with van der Waals surface area (Å²) in [5.41, 5.74) is 0.621. The van der Waals surface area contributed by atoms with Crippen molar-refractivity contribution in [2.75, 3.05) is 0 Å². The van der Waals surface area contributed by atoms with Gasteiger partial charge >= 0.3 is 0 Å². The average Bonchev–Trinajstić information content (AvgIpc) is 2.27. The fourth-order valence-electron chi connectivity index (χ4n) is 1.18. The van der Waals surface area contributed by atoms with Crippen LogP contribution in [-0.2, 0) is 0 Å². The molecule has 2 aromatic heterocycles. The lowest BCUT2D eigenvalue weighted by atomic mass is 10.3. The number of hydrogen-bond donors (Lipinski definition) is 2. The fraction of sp³-hybridized carbons (Fsp3) is 0. The minimum absolute atomic E-state index is 0.201. The molecule has 0 spiro atoms. The summed E-state index contributed by atoms with van der Waals surface area (Å²) < 4.78 is 0. The molecule has 0 aliphatic carbocycles. The van der Waals surface area contributed by atoms with E-state index in [0.29, 0.717) is 11.4 Å². The van der Waals surface area contributed by atoms with Crippen LogP contribution >= 0.6 is 0 Å². The van der Waals surface area contributed by atoms with E-state index in [0.717, 1.165) is 0 Å². The standard InChI is InChI=1S/C12H8N2O2/c15-11-5-1-3-9(13-11)7-8-10-4-2-6-12(16)14-10/h1-6H,(H,13,15)(H,14,16). The van der Waals surface area contributed by atoms with Gasteiger partial charge in [-0.15, -0.1) is 0 Å². The molecule has 4 nitrogen and oxygen atoms in total. The van der Waals surface area contributed by atoms with Gasteiger partial charge in [-0.1, -0.05) is 12.1 Å². The first-order valence-corrected chi connectivity index (χ1v) is 4.65. The summed E-state index contributed by atoms with van der Waals surface area (Å²) in [5.74, 6) is 5.51. The molecule has 0 aliphatic rings. The predicted molar refractivity (Wildman–Crippen MR) is 60.1 cm³/mol. The van der Waals surface area contributed by atoms with Crippen LogP contribution in [0.2, 0.25) is 0 Å². The molecular weight excluding hydrogens is 204 g/mol. The average molecular weight is 212 g/mol. The molecule has 2 N–H and O–H groups in total. The lowest BCUT2D eigenvalue weighted by Gasteiger charge is -1.89. The first-order chi connectivity index (χ1) is 7.74. The van der Waals surface area contributed by atoms with Crippen LogP contribution in [0.15, 0.2) is 46.0 Å². The maximum atomic E-state index is 11.0. The van der Waals surface area contributed by atoms with Gasteiger partial charge in [0.25, 0.3) is 0 Å². The maximum Gasteiger partial charge on any atom is 0.248 e. The van der Waals surface area contributed by atoms with Crippen molar-refractivity contribution in [2.24, 2.45) is 0 Å². The van der Waals surface area contributed by atoms with Gasteiger partial charge in [-0.25, -0.2) is 0 Å². The van der Waals surface area contributed by atoms with Crippen molar-refractivity contribution in [1.29, 1.82) is 0 Å². The van der Waals surface area contributed by atoms with Gasteiger partial charge < -0.3 is 9.97 Å². The lowest BCUT2D eigenvalue weighted by Crippen LogP contribution is -2.05. The van der Waals surface area contributed by atoms with E-state index in [-0.39, 0.29) is 11.1 Å². The summed E-state index contributed by atoms with van der Waals surface area (Å²) in [4.78, 5) is 27.1. The summed E-state index contributed by atoms with van der Waals surface area (Å²) in [6.45, 7) is 0. The van der Waals surface area contributed by atoms with Crippen LogP contribution in [0.4, 0.5) is 0 Å². The largest absolute Gasteiger partial charge is 0.315 e. The first kappa shape index (κ1) is 9.99. The van der Waals surface area contributed by atoms with Gasteiger partial charge in [0.2, 0.25) is 11.1 Å². The van der Waals surface area contributed by atoms with Gasteiger partial charge in [-0.3, -0.25) is 9.59 Å². The van der Waals surface area contributed by atoms with Crippen molar-refractivity contribution in [2.45, 2.75) is 0 Å². The van der Waals surface area contributed by atoms with Crippen molar-refractivity contribution >= 4 is 0 Å². The predicted octanol–water partition coefficient (Wildman–Crippen LogP) is 0.463. The van der Waals surface area contributed by atoms with Crippen molar-refractivity contribution < 1.29 is 0 Å². The topological polar surface area (TPSA) is 65.7 Å². The molecule has 0 aromatic carbocycles. The third-order valence-electron chi connectivity index (χ3n) is 1.87. The molecule has 0 bridgehead atoms. The summed E-state index contributed by atoms with van der Waals surface area (Å²) in [6.07, 6.45) is 0. The highest BCUT2D eigenvalue weighted by Gasteiger charge is 1.88. The number of rotatable bonds is 0. The Morgan fingerprint density at radius 3 is 1.56 bits per heavy atom. The zero-order valence-electron chi connectivity index (χ0n) is 8.28. The highest BCUT2D eigenvalue weighted by atomic mass is 16.1. The molecular formula is C12H8N2O2. The maximum absolute atomic E-state index is 11.0. The van der Waals surface area contributed by atoms with E-state index in [9.17, 15) is 9.59 Å². The zero-order chi connectivity index (χ0) is 11.4. The van der Waals surface area contributed by atoms with Crippen LogP contribution < -0.4 is 11.1 Å². The van der Waals surface area contributed by atoms with Gasteiger partial charge in [-0.2, -0.15) is 0 Å². The van der Waals surface area contributed by atoms with Crippen molar-refractivity contribution in [3.05, 3.63) is 68.5 Å². The Bertz CT molecular complexity index is 614. The molecule has 0 fully saturated rings. The molecule has 0 unspecified atom stereocenters. The first-order valence-electron chi connectivity index (χ1n) is 4.65. The summed E-state index contributed by atoms with van der Waals surface area (Å²) >= 11 is 0. The number of hydrogen-bond acceptors (Lipinski definition) is 2. The molecule has 0 aliphatic heterocycles. The summed E-state index contributed by atoms with van der Waals surface area (Å²) in [7, 11) is 0. The third kappa shape index (κ3) is 2.49. The second-order valence-electron chi connectivity index (χ2n) is 3.11. The molecule has 4 heteroatoms. The van der Waals surface area contributed by atoms with Crippen LogP contribution in [0, 0.1) is 11.8 Å². The smallest absolute Gasteiger partial charge is 0.248 e. The number of pyridine rings is 2. The molecule has 2 aromatic rings. The van der Waals surface area contributed by atoms with Gasteiger partial charge in [0.05, 0.1) is 11.4 Å². The Hall–Kier alpha value is -2.54. The van der Waals surface area contributed by atoms with E-state index in [1.807, 2.05) is 0 Å². The molecule has 0 atom stereocenters. The van der Waals surface area contributed by atoms with Gasteiger partial charge in [-0.05, 0) is 24.0 Å². The van der Waals surface area contributed by atoms with Crippen LogP contribution in [0.3, 0.4) is 0 Å². The fourth-order valence-corrected chi connectivity index (χ4v) is 1.18. The highest BCUT2D eigenvalue weighted by molar-refractivity contribution is 5.35. The molecule has 2 rings (SSSR count). The number of aromatic amines is 2. The Balaban J connectivity index is 2.35. The van der Waals surface area contributed by atoms with Gasteiger partial charge in [0, 0.05) is 12.1 Å². The highest BCUT2D eigenvalue weighted by Crippen LogP contribution is 1.89. The Morgan fingerprint density at radius 2 is 1.19 bits per heavy atom. The van der Waals surface area contributed by atoms with E-state index >= 15 is 0 Å². The Kier molecular flexibility index (Phi) is 2.70. The van der Waals surface area contributed by atoms with E-state index in [1.54, 1.807) is 24.3 Å². The third-order valence-corrected chi connectivity index (χ3v) is 1.87. The monoisotopic (exact) mass is 212 g/mol.